The minimum Gasteiger partial charge on any atom is -0.341 e. The first kappa shape index (κ1) is 16.9. The van der Waals surface area contributed by atoms with Crippen LogP contribution in [0.15, 0.2) is 42.5 Å². The predicted molar refractivity (Wildman–Crippen MR) is 90.3 cm³/mol. The van der Waals surface area contributed by atoms with E-state index in [4.69, 9.17) is 0 Å². The fourth-order valence-corrected chi connectivity index (χ4v) is 2.10. The smallest absolute Gasteiger partial charge is 0.318 e. The molecule has 0 aliphatic heterocycles. The second-order valence-corrected chi connectivity index (χ2v) is 4.94. The average molecular weight is 328 g/mol. The maximum absolute atomic E-state index is 12.3. The van der Waals surface area contributed by atoms with Gasteiger partial charge < -0.3 is 16.0 Å². The largest absolute Gasteiger partial charge is 0.341 e. The van der Waals surface area contributed by atoms with E-state index in [2.05, 4.69) is 16.0 Å². The first-order valence-corrected chi connectivity index (χ1v) is 7.06. The maximum atomic E-state index is 12.3. The van der Waals surface area contributed by atoms with Gasteiger partial charge in [-0.3, -0.25) is 14.9 Å². The second kappa shape index (κ2) is 7.23. The van der Waals surface area contributed by atoms with Crippen LogP contribution in [0.1, 0.15) is 15.9 Å². The first-order chi connectivity index (χ1) is 11.4. The summed E-state index contributed by atoms with van der Waals surface area (Å²) in [6.07, 6.45) is 0. The minimum atomic E-state index is -0.522. The van der Waals surface area contributed by atoms with Gasteiger partial charge in [-0.1, -0.05) is 6.07 Å². The van der Waals surface area contributed by atoms with Crippen LogP contribution in [0.5, 0.6) is 0 Å². The van der Waals surface area contributed by atoms with Crippen molar-refractivity contribution in [2.75, 3.05) is 17.7 Å². The SMILES string of the molecule is CNC(=O)Nc1ccc(NC(=O)c2cccc([N+](=O)[O-])c2C)cc1. The van der Waals surface area contributed by atoms with E-state index in [1.807, 2.05) is 0 Å². The van der Waals surface area contributed by atoms with Crippen LogP contribution >= 0.6 is 0 Å². The summed E-state index contributed by atoms with van der Waals surface area (Å²) < 4.78 is 0. The van der Waals surface area contributed by atoms with Gasteiger partial charge in [0.1, 0.15) is 0 Å². The van der Waals surface area contributed by atoms with Crippen LogP contribution in [-0.2, 0) is 0 Å². The van der Waals surface area contributed by atoms with Crippen molar-refractivity contribution >= 4 is 29.0 Å². The molecular weight excluding hydrogens is 312 g/mol. The Morgan fingerprint density at radius 2 is 1.58 bits per heavy atom. The highest BCUT2D eigenvalue weighted by Crippen LogP contribution is 2.22. The summed E-state index contributed by atoms with van der Waals surface area (Å²) in [6, 6.07) is 10.5. The molecule has 0 aliphatic carbocycles. The van der Waals surface area contributed by atoms with Gasteiger partial charge in [0.15, 0.2) is 0 Å². The second-order valence-electron chi connectivity index (χ2n) is 4.94. The molecule has 3 N–H and O–H groups in total. The Balaban J connectivity index is 2.14. The lowest BCUT2D eigenvalue weighted by atomic mass is 10.1. The number of hydrogen-bond acceptors (Lipinski definition) is 4. The Hall–Kier alpha value is -3.42. The molecule has 0 atom stereocenters. The molecule has 0 radical (unpaired) electrons. The average Bonchev–Trinajstić information content (AvgIpc) is 2.56. The standard InChI is InChI=1S/C16H16N4O4/c1-10-13(4-3-5-14(10)20(23)24)15(21)18-11-6-8-12(9-7-11)19-16(22)17-2/h3-9H,1-2H3,(H,18,21)(H2,17,19,22). The zero-order valence-electron chi connectivity index (χ0n) is 13.1. The van der Waals surface area contributed by atoms with Gasteiger partial charge in [-0.15, -0.1) is 0 Å². The van der Waals surface area contributed by atoms with Gasteiger partial charge in [-0.05, 0) is 37.3 Å². The summed E-state index contributed by atoms with van der Waals surface area (Å²) in [4.78, 5) is 33.9. The van der Waals surface area contributed by atoms with Crippen LogP contribution in [0.2, 0.25) is 0 Å². The van der Waals surface area contributed by atoms with Crippen molar-refractivity contribution in [3.05, 3.63) is 63.7 Å². The summed E-state index contributed by atoms with van der Waals surface area (Å²) in [7, 11) is 1.51. The number of nitro groups is 1. The van der Waals surface area contributed by atoms with Crippen molar-refractivity contribution in [3.8, 4) is 0 Å². The molecule has 8 heteroatoms. The predicted octanol–water partition coefficient (Wildman–Crippen LogP) is 2.91. The molecule has 0 aliphatic rings. The van der Waals surface area contributed by atoms with Crippen LogP contribution < -0.4 is 16.0 Å². The van der Waals surface area contributed by atoms with Crippen molar-refractivity contribution in [2.45, 2.75) is 6.92 Å². The highest BCUT2D eigenvalue weighted by atomic mass is 16.6. The van der Waals surface area contributed by atoms with Crippen LogP contribution in [0, 0.1) is 17.0 Å². The van der Waals surface area contributed by atoms with Gasteiger partial charge in [0, 0.05) is 35.6 Å². The Kier molecular flexibility index (Phi) is 5.10. The van der Waals surface area contributed by atoms with Gasteiger partial charge in [0.25, 0.3) is 11.6 Å². The van der Waals surface area contributed by atoms with Crippen molar-refractivity contribution in [1.29, 1.82) is 0 Å². The molecule has 124 valence electrons. The van der Waals surface area contributed by atoms with Gasteiger partial charge >= 0.3 is 6.03 Å². The molecule has 0 unspecified atom stereocenters. The van der Waals surface area contributed by atoms with Gasteiger partial charge in [-0.25, -0.2) is 4.79 Å². The Morgan fingerprint density at radius 1 is 1.00 bits per heavy atom. The van der Waals surface area contributed by atoms with E-state index in [0.29, 0.717) is 16.9 Å². The monoisotopic (exact) mass is 328 g/mol. The molecule has 2 aromatic carbocycles. The summed E-state index contributed by atoms with van der Waals surface area (Å²) in [5.41, 5.74) is 1.51. The molecule has 8 nitrogen and oxygen atoms in total. The zero-order valence-corrected chi connectivity index (χ0v) is 13.1. The van der Waals surface area contributed by atoms with Crippen LogP contribution in [-0.4, -0.2) is 23.9 Å². The fraction of sp³-hybridized carbons (Fsp3) is 0.125. The first-order valence-electron chi connectivity index (χ1n) is 7.06. The molecule has 24 heavy (non-hydrogen) atoms. The molecule has 0 bridgehead atoms. The quantitative estimate of drug-likeness (QED) is 0.591. The molecule has 3 amide bonds. The lowest BCUT2D eigenvalue weighted by Gasteiger charge is -2.09. The van der Waals surface area contributed by atoms with Crippen molar-refractivity contribution in [2.24, 2.45) is 0 Å². The number of hydrogen-bond donors (Lipinski definition) is 3. The fourth-order valence-electron chi connectivity index (χ4n) is 2.10. The number of carbonyl (C=O) groups excluding carboxylic acids is 2. The summed E-state index contributed by atoms with van der Waals surface area (Å²) in [5.74, 6) is -0.441. The molecule has 0 spiro atoms. The highest BCUT2D eigenvalue weighted by molar-refractivity contribution is 6.06. The molecule has 0 fully saturated rings. The topological polar surface area (TPSA) is 113 Å². The number of nitrogens with zero attached hydrogens (tertiary/aromatic N) is 1. The molecule has 0 heterocycles. The number of nitrogens with one attached hydrogen (secondary N) is 3. The van der Waals surface area contributed by atoms with Crippen molar-refractivity contribution in [1.82, 2.24) is 5.32 Å². The van der Waals surface area contributed by atoms with Crippen LogP contribution in [0.25, 0.3) is 0 Å². The summed E-state index contributed by atoms with van der Waals surface area (Å²) in [5, 5.41) is 18.6. The third-order valence-corrected chi connectivity index (χ3v) is 3.37. The molecule has 2 rings (SSSR count). The molecular formula is C16H16N4O4. The number of nitro benzene ring substituents is 1. The molecule has 2 aromatic rings. The molecule has 0 saturated heterocycles. The maximum Gasteiger partial charge on any atom is 0.318 e. The van der Waals surface area contributed by atoms with Gasteiger partial charge in [0.05, 0.1) is 4.92 Å². The van der Waals surface area contributed by atoms with E-state index < -0.39 is 10.8 Å². The molecule has 0 saturated carbocycles. The van der Waals surface area contributed by atoms with E-state index in [9.17, 15) is 19.7 Å². The van der Waals surface area contributed by atoms with Crippen molar-refractivity contribution in [3.63, 3.8) is 0 Å². The van der Waals surface area contributed by atoms with E-state index in [1.54, 1.807) is 24.3 Å². The zero-order chi connectivity index (χ0) is 17.7. The Morgan fingerprint density at radius 3 is 2.12 bits per heavy atom. The Bertz CT molecular complexity index is 787. The number of benzene rings is 2. The van der Waals surface area contributed by atoms with E-state index in [-0.39, 0.29) is 17.3 Å². The number of rotatable bonds is 4. The van der Waals surface area contributed by atoms with Crippen LogP contribution in [0.3, 0.4) is 0 Å². The van der Waals surface area contributed by atoms with E-state index in [1.165, 1.54) is 32.2 Å². The third-order valence-electron chi connectivity index (χ3n) is 3.37. The van der Waals surface area contributed by atoms with Crippen LogP contribution in [0.4, 0.5) is 21.9 Å². The van der Waals surface area contributed by atoms with E-state index in [0.717, 1.165) is 0 Å². The molecule has 0 aromatic heterocycles. The number of carbonyl (C=O) groups is 2. The third kappa shape index (κ3) is 3.86. The summed E-state index contributed by atoms with van der Waals surface area (Å²) in [6.45, 7) is 1.53. The number of anilines is 2. The van der Waals surface area contributed by atoms with E-state index >= 15 is 0 Å². The number of urea groups is 1. The summed E-state index contributed by atoms with van der Waals surface area (Å²) >= 11 is 0. The lowest BCUT2D eigenvalue weighted by Crippen LogP contribution is -2.24. The van der Waals surface area contributed by atoms with Gasteiger partial charge in [-0.2, -0.15) is 0 Å². The minimum absolute atomic E-state index is 0.104. The van der Waals surface area contributed by atoms with Gasteiger partial charge in [0.2, 0.25) is 0 Å². The normalized spacial score (nSPS) is 9.92. The Labute approximate surface area is 138 Å². The number of amides is 3. The van der Waals surface area contributed by atoms with Crippen molar-refractivity contribution < 1.29 is 14.5 Å². The highest BCUT2D eigenvalue weighted by Gasteiger charge is 2.17. The lowest BCUT2D eigenvalue weighted by molar-refractivity contribution is -0.385.